The summed E-state index contributed by atoms with van der Waals surface area (Å²) < 4.78 is 37.6. The lowest BCUT2D eigenvalue weighted by molar-refractivity contribution is -0.171. The van der Waals surface area contributed by atoms with Crippen molar-refractivity contribution in [2.45, 2.75) is 38.4 Å². The Morgan fingerprint density at radius 1 is 1.44 bits per heavy atom. The Hall–Kier alpha value is -0.780. The second-order valence-corrected chi connectivity index (χ2v) is 4.28. The Morgan fingerprint density at radius 3 is 2.38 bits per heavy atom. The third-order valence-electron chi connectivity index (χ3n) is 2.80. The summed E-state index contributed by atoms with van der Waals surface area (Å²) in [7, 11) is 0. The lowest BCUT2D eigenvalue weighted by atomic mass is 10.1. The van der Waals surface area contributed by atoms with Crippen LogP contribution in [0.5, 0.6) is 0 Å². The second kappa shape index (κ2) is 4.61. The van der Waals surface area contributed by atoms with Gasteiger partial charge in [-0.2, -0.15) is 13.2 Å². The second-order valence-electron chi connectivity index (χ2n) is 4.28. The molecule has 1 aliphatic carbocycles. The van der Waals surface area contributed by atoms with Crippen LogP contribution in [0.2, 0.25) is 0 Å². The van der Waals surface area contributed by atoms with Crippen LogP contribution in [0.4, 0.5) is 13.2 Å². The Kier molecular flexibility index (Phi) is 3.83. The fourth-order valence-electron chi connectivity index (χ4n) is 1.42. The SMILES string of the molecule is CCNCC(C)C(=O)NC1(C(F)(F)F)CC1. The number of hydrogen-bond donors (Lipinski definition) is 2. The standard InChI is InChI=1S/C10H17F3N2O/c1-3-14-6-7(2)8(16)15-9(4-5-9)10(11,12)13/h7,14H,3-6H2,1-2H3,(H,15,16). The molecule has 0 aliphatic heterocycles. The highest BCUT2D eigenvalue weighted by atomic mass is 19.4. The van der Waals surface area contributed by atoms with Crippen LogP contribution >= 0.6 is 0 Å². The highest BCUT2D eigenvalue weighted by Crippen LogP contribution is 2.48. The van der Waals surface area contributed by atoms with Gasteiger partial charge in [0.1, 0.15) is 5.54 Å². The van der Waals surface area contributed by atoms with E-state index in [0.717, 1.165) is 0 Å². The zero-order valence-corrected chi connectivity index (χ0v) is 9.45. The number of halogens is 3. The first-order valence-electron chi connectivity index (χ1n) is 5.42. The number of rotatable bonds is 5. The molecule has 0 aromatic rings. The molecule has 94 valence electrons. The molecule has 6 heteroatoms. The number of carbonyl (C=O) groups excluding carboxylic acids is 1. The summed E-state index contributed by atoms with van der Waals surface area (Å²) in [5, 5.41) is 5.04. The molecule has 16 heavy (non-hydrogen) atoms. The van der Waals surface area contributed by atoms with E-state index in [-0.39, 0.29) is 12.8 Å². The Morgan fingerprint density at radius 2 is 2.00 bits per heavy atom. The predicted octanol–water partition coefficient (Wildman–Crippen LogP) is 1.44. The molecule has 0 spiro atoms. The van der Waals surface area contributed by atoms with E-state index in [9.17, 15) is 18.0 Å². The van der Waals surface area contributed by atoms with Crippen LogP contribution in [0, 0.1) is 5.92 Å². The van der Waals surface area contributed by atoms with Crippen molar-refractivity contribution >= 4 is 5.91 Å². The monoisotopic (exact) mass is 238 g/mol. The van der Waals surface area contributed by atoms with E-state index in [1.165, 1.54) is 0 Å². The maximum absolute atomic E-state index is 12.5. The van der Waals surface area contributed by atoms with Crippen molar-refractivity contribution < 1.29 is 18.0 Å². The first-order valence-corrected chi connectivity index (χ1v) is 5.42. The van der Waals surface area contributed by atoms with E-state index >= 15 is 0 Å². The smallest absolute Gasteiger partial charge is 0.342 e. The van der Waals surface area contributed by atoms with Gasteiger partial charge in [-0.25, -0.2) is 0 Å². The van der Waals surface area contributed by atoms with Crippen molar-refractivity contribution in [3.63, 3.8) is 0 Å². The summed E-state index contributed by atoms with van der Waals surface area (Å²) in [6.07, 6.45) is -4.34. The molecule has 1 saturated carbocycles. The van der Waals surface area contributed by atoms with Crippen LogP contribution in [0.25, 0.3) is 0 Å². The largest absolute Gasteiger partial charge is 0.411 e. The number of hydrogen-bond acceptors (Lipinski definition) is 2. The van der Waals surface area contributed by atoms with E-state index in [0.29, 0.717) is 13.1 Å². The lowest BCUT2D eigenvalue weighted by Crippen LogP contribution is -2.50. The molecule has 1 atom stereocenters. The van der Waals surface area contributed by atoms with Crippen LogP contribution in [0.15, 0.2) is 0 Å². The van der Waals surface area contributed by atoms with Crippen molar-refractivity contribution in [3.8, 4) is 0 Å². The maximum Gasteiger partial charge on any atom is 0.411 e. The predicted molar refractivity (Wildman–Crippen MR) is 53.9 cm³/mol. The van der Waals surface area contributed by atoms with Gasteiger partial charge in [0.05, 0.1) is 0 Å². The molecule has 0 saturated heterocycles. The first kappa shape index (κ1) is 13.3. The average Bonchev–Trinajstić information content (AvgIpc) is 2.94. The van der Waals surface area contributed by atoms with Crippen molar-refractivity contribution in [1.29, 1.82) is 0 Å². The van der Waals surface area contributed by atoms with Crippen molar-refractivity contribution in [3.05, 3.63) is 0 Å². The Labute approximate surface area is 92.8 Å². The highest BCUT2D eigenvalue weighted by molar-refractivity contribution is 5.79. The molecule has 1 unspecified atom stereocenters. The summed E-state index contributed by atoms with van der Waals surface area (Å²) in [5.74, 6) is -0.976. The van der Waals surface area contributed by atoms with E-state index in [4.69, 9.17) is 0 Å². The lowest BCUT2D eigenvalue weighted by Gasteiger charge is -2.22. The van der Waals surface area contributed by atoms with Crippen LogP contribution < -0.4 is 10.6 Å². The molecule has 3 nitrogen and oxygen atoms in total. The fourth-order valence-corrected chi connectivity index (χ4v) is 1.42. The zero-order valence-electron chi connectivity index (χ0n) is 9.45. The van der Waals surface area contributed by atoms with E-state index in [1.807, 2.05) is 6.92 Å². The van der Waals surface area contributed by atoms with Crippen LogP contribution in [-0.4, -0.2) is 30.7 Å². The van der Waals surface area contributed by atoms with Crippen LogP contribution in [0.1, 0.15) is 26.7 Å². The summed E-state index contributed by atoms with van der Waals surface area (Å²) in [4.78, 5) is 11.5. The van der Waals surface area contributed by atoms with Gasteiger partial charge in [-0.1, -0.05) is 13.8 Å². The number of nitrogens with one attached hydrogen (secondary N) is 2. The Balaban J connectivity index is 2.46. The van der Waals surface area contributed by atoms with Crippen molar-refractivity contribution in [2.24, 2.45) is 5.92 Å². The third kappa shape index (κ3) is 2.87. The van der Waals surface area contributed by atoms with E-state index in [1.54, 1.807) is 6.92 Å². The van der Waals surface area contributed by atoms with Crippen molar-refractivity contribution in [2.75, 3.05) is 13.1 Å². The van der Waals surface area contributed by atoms with Gasteiger partial charge in [0.15, 0.2) is 0 Å². The molecule has 0 aromatic carbocycles. The molecule has 0 radical (unpaired) electrons. The van der Waals surface area contributed by atoms with Gasteiger partial charge in [0.25, 0.3) is 0 Å². The molecule has 0 aromatic heterocycles. The molecule has 1 rings (SSSR count). The van der Waals surface area contributed by atoms with E-state index in [2.05, 4.69) is 10.6 Å². The van der Waals surface area contributed by atoms with E-state index < -0.39 is 23.5 Å². The maximum atomic E-state index is 12.5. The van der Waals surface area contributed by atoms with Gasteiger partial charge < -0.3 is 10.6 Å². The summed E-state index contributed by atoms with van der Waals surface area (Å²) in [6.45, 7) is 4.59. The summed E-state index contributed by atoms with van der Waals surface area (Å²) in [6, 6.07) is 0. The minimum Gasteiger partial charge on any atom is -0.342 e. The number of carbonyl (C=O) groups is 1. The van der Waals surface area contributed by atoms with Crippen LogP contribution in [-0.2, 0) is 4.79 Å². The zero-order chi connectivity index (χ0) is 12.4. The van der Waals surface area contributed by atoms with Crippen LogP contribution in [0.3, 0.4) is 0 Å². The van der Waals surface area contributed by atoms with Gasteiger partial charge in [-0.3, -0.25) is 4.79 Å². The summed E-state index contributed by atoms with van der Waals surface area (Å²) >= 11 is 0. The highest BCUT2D eigenvalue weighted by Gasteiger charge is 2.64. The average molecular weight is 238 g/mol. The molecule has 1 amide bonds. The quantitative estimate of drug-likeness (QED) is 0.761. The molecule has 1 fully saturated rings. The van der Waals surface area contributed by atoms with Gasteiger partial charge in [-0.15, -0.1) is 0 Å². The first-order chi connectivity index (χ1) is 7.32. The van der Waals surface area contributed by atoms with Gasteiger partial charge in [0.2, 0.25) is 5.91 Å². The molecule has 0 bridgehead atoms. The van der Waals surface area contributed by atoms with Gasteiger partial charge in [0, 0.05) is 12.5 Å². The van der Waals surface area contributed by atoms with Crippen molar-refractivity contribution in [1.82, 2.24) is 10.6 Å². The Bertz CT molecular complexity index is 261. The normalized spacial score (nSPS) is 20.3. The molecular weight excluding hydrogens is 221 g/mol. The molecule has 1 aliphatic rings. The fraction of sp³-hybridized carbons (Fsp3) is 0.900. The van der Waals surface area contributed by atoms with Gasteiger partial charge >= 0.3 is 6.18 Å². The molecule has 0 heterocycles. The minimum atomic E-state index is -4.33. The minimum absolute atomic E-state index is 0.00380. The molecular formula is C10H17F3N2O. The number of alkyl halides is 3. The topological polar surface area (TPSA) is 41.1 Å². The molecule has 2 N–H and O–H groups in total. The number of amides is 1. The third-order valence-corrected chi connectivity index (χ3v) is 2.80. The summed E-state index contributed by atoms with van der Waals surface area (Å²) in [5.41, 5.74) is -1.94. The van der Waals surface area contributed by atoms with Gasteiger partial charge in [-0.05, 0) is 19.4 Å².